The van der Waals surface area contributed by atoms with E-state index in [-0.39, 0.29) is 17.2 Å². The zero-order valence-electron chi connectivity index (χ0n) is 13.9. The van der Waals surface area contributed by atoms with Gasteiger partial charge >= 0.3 is 0 Å². The molecule has 0 aromatic carbocycles. The van der Waals surface area contributed by atoms with Crippen LogP contribution in [0.25, 0.3) is 0 Å². The number of hydrogen-bond acceptors (Lipinski definition) is 5. The molecule has 0 saturated carbocycles. The van der Waals surface area contributed by atoms with Gasteiger partial charge in [0.1, 0.15) is 5.69 Å². The molecule has 2 aromatic rings. The molecule has 0 N–H and O–H groups in total. The van der Waals surface area contributed by atoms with Gasteiger partial charge < -0.3 is 9.80 Å². The highest BCUT2D eigenvalue weighted by molar-refractivity contribution is 7.07. The van der Waals surface area contributed by atoms with Gasteiger partial charge in [-0.1, -0.05) is 6.07 Å². The third kappa shape index (κ3) is 3.28. The van der Waals surface area contributed by atoms with Crippen molar-refractivity contribution < 1.29 is 9.59 Å². The van der Waals surface area contributed by atoms with E-state index in [4.69, 9.17) is 0 Å². The molecule has 2 saturated heterocycles. The molecule has 2 aliphatic rings. The number of rotatable bonds is 4. The number of pyridine rings is 1. The smallest absolute Gasteiger partial charge is 0.273 e. The minimum absolute atomic E-state index is 0.00762. The van der Waals surface area contributed by atoms with Crippen LogP contribution in [0.15, 0.2) is 35.4 Å². The van der Waals surface area contributed by atoms with Crippen molar-refractivity contribution in [2.75, 3.05) is 26.2 Å². The van der Waals surface area contributed by atoms with E-state index in [0.717, 1.165) is 44.6 Å². The molecule has 0 radical (unpaired) electrons. The van der Waals surface area contributed by atoms with Gasteiger partial charge in [-0.05, 0) is 24.5 Å². The molecule has 2 aromatic heterocycles. The van der Waals surface area contributed by atoms with Crippen molar-refractivity contribution in [2.24, 2.45) is 5.41 Å². The summed E-state index contributed by atoms with van der Waals surface area (Å²) in [6.07, 6.45) is 5.78. The lowest BCUT2D eigenvalue weighted by Crippen LogP contribution is -2.59. The molecule has 4 rings (SSSR count). The highest BCUT2D eigenvalue weighted by Crippen LogP contribution is 2.40. The summed E-state index contributed by atoms with van der Waals surface area (Å²) in [6, 6.07) is 3.90. The molecule has 0 aliphatic carbocycles. The lowest BCUT2D eigenvalue weighted by atomic mass is 9.79. The zero-order valence-corrected chi connectivity index (χ0v) is 14.7. The summed E-state index contributed by atoms with van der Waals surface area (Å²) in [6.45, 7) is 3.02. The third-order valence-electron chi connectivity index (χ3n) is 5.13. The summed E-state index contributed by atoms with van der Waals surface area (Å²) < 4.78 is 0. The number of nitrogens with zero attached hydrogens (tertiary/aromatic N) is 4. The Morgan fingerprint density at radius 1 is 1.24 bits per heavy atom. The maximum absolute atomic E-state index is 12.5. The van der Waals surface area contributed by atoms with Crippen LogP contribution >= 0.6 is 11.3 Å². The van der Waals surface area contributed by atoms with Crippen LogP contribution in [-0.4, -0.2) is 57.8 Å². The molecule has 2 aliphatic heterocycles. The lowest BCUT2D eigenvalue weighted by molar-refractivity contribution is -0.131. The number of carbonyl (C=O) groups is 2. The predicted octanol–water partition coefficient (Wildman–Crippen LogP) is 1.85. The van der Waals surface area contributed by atoms with Gasteiger partial charge in [0.25, 0.3) is 5.91 Å². The second-order valence-electron chi connectivity index (χ2n) is 6.96. The van der Waals surface area contributed by atoms with E-state index in [0.29, 0.717) is 12.1 Å². The second-order valence-corrected chi connectivity index (χ2v) is 7.68. The van der Waals surface area contributed by atoms with Crippen LogP contribution in [0.5, 0.6) is 0 Å². The van der Waals surface area contributed by atoms with E-state index in [9.17, 15) is 9.59 Å². The molecule has 0 bridgehead atoms. The summed E-state index contributed by atoms with van der Waals surface area (Å²) in [5.74, 6) is 0.207. The second kappa shape index (κ2) is 6.55. The maximum Gasteiger partial charge on any atom is 0.273 e. The van der Waals surface area contributed by atoms with E-state index < -0.39 is 0 Å². The van der Waals surface area contributed by atoms with Crippen molar-refractivity contribution in [1.82, 2.24) is 19.8 Å². The van der Waals surface area contributed by atoms with Crippen molar-refractivity contribution >= 4 is 23.2 Å². The highest BCUT2D eigenvalue weighted by atomic mass is 32.1. The van der Waals surface area contributed by atoms with Crippen LogP contribution < -0.4 is 0 Å². The summed E-state index contributed by atoms with van der Waals surface area (Å²) in [4.78, 5) is 36.7. The van der Waals surface area contributed by atoms with Gasteiger partial charge in [0.05, 0.1) is 5.51 Å². The van der Waals surface area contributed by atoms with Gasteiger partial charge in [0.15, 0.2) is 0 Å². The van der Waals surface area contributed by atoms with Crippen molar-refractivity contribution in [3.63, 3.8) is 0 Å². The quantitative estimate of drug-likeness (QED) is 0.838. The van der Waals surface area contributed by atoms with E-state index >= 15 is 0 Å². The van der Waals surface area contributed by atoms with Gasteiger partial charge in [0.2, 0.25) is 5.91 Å². The topological polar surface area (TPSA) is 66.4 Å². The molecule has 2 amide bonds. The van der Waals surface area contributed by atoms with Crippen molar-refractivity contribution in [1.29, 1.82) is 0 Å². The molecule has 7 heteroatoms. The van der Waals surface area contributed by atoms with Crippen LogP contribution in [0.1, 0.15) is 28.9 Å². The Labute approximate surface area is 150 Å². The molecular weight excluding hydrogens is 336 g/mol. The summed E-state index contributed by atoms with van der Waals surface area (Å²) in [7, 11) is 0. The standard InChI is InChI=1S/C18H20N4O2S/c23-16(4-3-14-2-1-6-19-8-14)21-7-5-18(10-21)11-22(12-18)17(24)15-9-25-13-20-15/h1-2,6,8-9,13H,3-5,7,10-12H2. The third-order valence-corrected chi connectivity index (χ3v) is 5.72. The molecule has 2 fully saturated rings. The molecule has 6 nitrogen and oxygen atoms in total. The van der Waals surface area contributed by atoms with Crippen LogP contribution in [-0.2, 0) is 11.2 Å². The number of likely N-dealkylation sites (tertiary alicyclic amines) is 2. The van der Waals surface area contributed by atoms with Crippen LogP contribution in [0, 0.1) is 5.41 Å². The largest absolute Gasteiger partial charge is 0.342 e. The molecule has 0 unspecified atom stereocenters. The lowest BCUT2D eigenvalue weighted by Gasteiger charge is -2.47. The van der Waals surface area contributed by atoms with Crippen molar-refractivity contribution in [3.05, 3.63) is 46.7 Å². The van der Waals surface area contributed by atoms with Gasteiger partial charge in [0, 0.05) is 55.8 Å². The minimum Gasteiger partial charge on any atom is -0.342 e. The number of aryl methyl sites for hydroxylation is 1. The van der Waals surface area contributed by atoms with Gasteiger partial charge in [-0.2, -0.15) is 0 Å². The van der Waals surface area contributed by atoms with Gasteiger partial charge in [-0.15, -0.1) is 11.3 Å². The first-order chi connectivity index (χ1) is 12.2. The van der Waals surface area contributed by atoms with Gasteiger partial charge in [-0.3, -0.25) is 14.6 Å². The molecule has 4 heterocycles. The summed E-state index contributed by atoms with van der Waals surface area (Å²) >= 11 is 1.44. The Morgan fingerprint density at radius 3 is 2.80 bits per heavy atom. The Kier molecular flexibility index (Phi) is 4.25. The number of carbonyl (C=O) groups excluding carboxylic acids is 2. The highest BCUT2D eigenvalue weighted by Gasteiger charge is 2.50. The molecule has 0 atom stereocenters. The summed E-state index contributed by atoms with van der Waals surface area (Å²) in [5, 5.41) is 1.79. The number of hydrogen-bond donors (Lipinski definition) is 0. The first kappa shape index (κ1) is 16.2. The maximum atomic E-state index is 12.5. The Hall–Kier alpha value is -2.28. The average Bonchev–Trinajstić information content (AvgIpc) is 3.28. The normalized spacial score (nSPS) is 18.4. The SMILES string of the molecule is O=C(CCc1cccnc1)N1CCC2(C1)CN(C(=O)c1cscn1)C2. The fourth-order valence-corrected chi connectivity index (χ4v) is 4.27. The monoisotopic (exact) mass is 356 g/mol. The molecule has 130 valence electrons. The fraction of sp³-hybridized carbons (Fsp3) is 0.444. The Bertz CT molecular complexity index is 757. The van der Waals surface area contributed by atoms with Gasteiger partial charge in [-0.25, -0.2) is 4.98 Å². The van der Waals surface area contributed by atoms with E-state index in [1.54, 1.807) is 17.1 Å². The van der Waals surface area contributed by atoms with E-state index in [1.807, 2.05) is 28.1 Å². The molecular formula is C18H20N4O2S. The predicted molar refractivity (Wildman–Crippen MR) is 94.2 cm³/mol. The number of amides is 2. The van der Waals surface area contributed by atoms with Crippen LogP contribution in [0.4, 0.5) is 0 Å². The fourth-order valence-electron chi connectivity index (χ4n) is 3.75. The number of aromatic nitrogens is 2. The zero-order chi connectivity index (χ0) is 17.3. The number of thiazole rings is 1. The first-order valence-corrected chi connectivity index (χ1v) is 9.44. The van der Waals surface area contributed by atoms with E-state index in [2.05, 4.69) is 9.97 Å². The van der Waals surface area contributed by atoms with Crippen LogP contribution in [0.3, 0.4) is 0 Å². The summed E-state index contributed by atoms with van der Waals surface area (Å²) in [5.41, 5.74) is 3.40. The minimum atomic E-state index is 0.00762. The van der Waals surface area contributed by atoms with Crippen LogP contribution in [0.2, 0.25) is 0 Å². The average molecular weight is 356 g/mol. The molecule has 25 heavy (non-hydrogen) atoms. The first-order valence-electron chi connectivity index (χ1n) is 8.49. The van der Waals surface area contributed by atoms with E-state index in [1.165, 1.54) is 11.3 Å². The molecule has 1 spiro atoms. The Morgan fingerprint density at radius 2 is 2.08 bits per heavy atom. The van der Waals surface area contributed by atoms with Crippen molar-refractivity contribution in [2.45, 2.75) is 19.3 Å². The Balaban J connectivity index is 1.27. The van der Waals surface area contributed by atoms with Crippen molar-refractivity contribution in [3.8, 4) is 0 Å².